The normalized spacial score (nSPS) is 11.2. The summed E-state index contributed by atoms with van der Waals surface area (Å²) in [5.74, 6) is 0.907. The Bertz CT molecular complexity index is 758. The van der Waals surface area contributed by atoms with Crippen molar-refractivity contribution in [1.82, 2.24) is 0 Å². The first-order valence-electron chi connectivity index (χ1n) is 7.72. The Hall–Kier alpha value is -1.93. The predicted octanol–water partition coefficient (Wildman–Crippen LogP) is 4.73. The van der Waals surface area contributed by atoms with E-state index in [1.165, 1.54) is 14.3 Å². The fraction of sp³-hybridized carbons (Fsp3) is 0.0476. The van der Waals surface area contributed by atoms with Crippen LogP contribution in [0.2, 0.25) is 0 Å². The van der Waals surface area contributed by atoms with Crippen molar-refractivity contribution in [2.24, 2.45) is 0 Å². The van der Waals surface area contributed by atoms with E-state index in [9.17, 15) is 0 Å². The van der Waals surface area contributed by atoms with Gasteiger partial charge in [0.15, 0.2) is 0 Å². The molecule has 0 saturated heterocycles. The third-order valence-electron chi connectivity index (χ3n) is 3.19. The van der Waals surface area contributed by atoms with Gasteiger partial charge in [0.05, 0.1) is 0 Å². The molecular weight excluding hydrogens is 379 g/mol. The summed E-state index contributed by atoms with van der Waals surface area (Å²) in [4.78, 5) is 4.81. The molecule has 1 nitrogen and oxygen atoms in total. The minimum absolute atomic E-state index is 0.304. The number of thioether (sulfide) groups is 1. The van der Waals surface area contributed by atoms with Gasteiger partial charge in [-0.05, 0) is 0 Å². The first-order chi connectivity index (χ1) is 11.9. The van der Waals surface area contributed by atoms with Crippen LogP contribution in [0.15, 0.2) is 106 Å². The van der Waals surface area contributed by atoms with E-state index < -0.39 is 0 Å². The Labute approximate surface area is 153 Å². The first kappa shape index (κ1) is 16.9. The van der Waals surface area contributed by atoms with Gasteiger partial charge in [0.1, 0.15) is 0 Å². The average Bonchev–Trinajstić information content (AvgIpc) is 2.66. The zero-order valence-electron chi connectivity index (χ0n) is 13.2. The zero-order chi connectivity index (χ0) is 16.5. The molecule has 0 N–H and O–H groups in total. The van der Waals surface area contributed by atoms with E-state index >= 15 is 0 Å². The van der Waals surface area contributed by atoms with E-state index in [1.54, 1.807) is 11.8 Å². The molecule has 3 heteroatoms. The van der Waals surface area contributed by atoms with E-state index in [-0.39, 0.29) is 0 Å². The molecule has 0 aliphatic heterocycles. The monoisotopic (exact) mass is 398 g/mol. The van der Waals surface area contributed by atoms with E-state index in [2.05, 4.69) is 59.6 Å². The SMILES string of the molecule is C(/[Se]c1ccccc1)=C(\COc1ccccc1)Sc1ccccc1. The molecule has 0 aromatic heterocycles. The van der Waals surface area contributed by atoms with Crippen molar-refractivity contribution < 1.29 is 4.74 Å². The molecule has 0 aliphatic rings. The summed E-state index contributed by atoms with van der Waals surface area (Å²) in [6.07, 6.45) is 0. The van der Waals surface area contributed by atoms with Gasteiger partial charge >= 0.3 is 154 Å². The van der Waals surface area contributed by atoms with Crippen LogP contribution in [0.1, 0.15) is 0 Å². The molecule has 0 unspecified atom stereocenters. The second-order valence-electron chi connectivity index (χ2n) is 5.03. The fourth-order valence-electron chi connectivity index (χ4n) is 2.03. The molecule has 3 aromatic carbocycles. The third kappa shape index (κ3) is 5.61. The molecule has 3 aromatic rings. The Morgan fingerprint density at radius 1 is 0.792 bits per heavy atom. The van der Waals surface area contributed by atoms with Crippen LogP contribution in [0.25, 0.3) is 0 Å². The van der Waals surface area contributed by atoms with Crippen LogP contribution in [0, 0.1) is 0 Å². The van der Waals surface area contributed by atoms with Gasteiger partial charge in [-0.25, -0.2) is 0 Å². The average molecular weight is 397 g/mol. The second-order valence-corrected chi connectivity index (χ2v) is 8.21. The van der Waals surface area contributed by atoms with Gasteiger partial charge in [-0.15, -0.1) is 0 Å². The summed E-state index contributed by atoms with van der Waals surface area (Å²) < 4.78 is 7.32. The van der Waals surface area contributed by atoms with Crippen molar-refractivity contribution in [2.75, 3.05) is 6.61 Å². The van der Waals surface area contributed by atoms with Crippen LogP contribution >= 0.6 is 11.8 Å². The molecule has 3 rings (SSSR count). The maximum atomic E-state index is 5.95. The van der Waals surface area contributed by atoms with Gasteiger partial charge in [0.25, 0.3) is 0 Å². The summed E-state index contributed by atoms with van der Waals surface area (Å²) in [5.41, 5.74) is 0. The molecule has 0 fully saturated rings. The summed E-state index contributed by atoms with van der Waals surface area (Å²) in [7, 11) is 0. The summed E-state index contributed by atoms with van der Waals surface area (Å²) >= 11 is 2.08. The molecule has 0 radical (unpaired) electrons. The number of benzene rings is 3. The molecule has 0 heterocycles. The Morgan fingerprint density at radius 2 is 1.38 bits per heavy atom. The summed E-state index contributed by atoms with van der Waals surface area (Å²) in [5, 5.41) is 0. The standard InChI is InChI=1S/C21H18OSSe/c1-4-10-18(11-5-1)22-16-20(23-19-12-6-2-7-13-19)17-24-21-14-8-3-9-15-21/h1-15,17H,16H2/b20-17-. The van der Waals surface area contributed by atoms with E-state index in [4.69, 9.17) is 4.74 Å². The van der Waals surface area contributed by atoms with Crippen LogP contribution in [-0.2, 0) is 0 Å². The Morgan fingerprint density at radius 3 is 2.04 bits per heavy atom. The van der Waals surface area contributed by atoms with Crippen LogP contribution in [0.4, 0.5) is 0 Å². The Balaban J connectivity index is 1.70. The van der Waals surface area contributed by atoms with Crippen molar-refractivity contribution in [2.45, 2.75) is 4.90 Å². The van der Waals surface area contributed by atoms with Crippen LogP contribution in [0.5, 0.6) is 5.75 Å². The van der Waals surface area contributed by atoms with Crippen LogP contribution < -0.4 is 9.20 Å². The minimum atomic E-state index is 0.304. The number of para-hydroxylation sites is 1. The Kier molecular flexibility index (Phi) is 6.61. The third-order valence-corrected chi connectivity index (χ3v) is 6.51. The van der Waals surface area contributed by atoms with E-state index in [1.807, 2.05) is 36.4 Å². The van der Waals surface area contributed by atoms with Crippen molar-refractivity contribution in [3.05, 3.63) is 101 Å². The quantitative estimate of drug-likeness (QED) is 0.421. The number of ether oxygens (including phenoxy) is 1. The number of hydrogen-bond acceptors (Lipinski definition) is 2. The first-order valence-corrected chi connectivity index (χ1v) is 10.4. The molecule has 120 valence electrons. The van der Waals surface area contributed by atoms with Crippen molar-refractivity contribution in [1.29, 1.82) is 0 Å². The van der Waals surface area contributed by atoms with Crippen LogP contribution in [-0.4, -0.2) is 21.6 Å². The topological polar surface area (TPSA) is 9.23 Å². The van der Waals surface area contributed by atoms with E-state index in [0.717, 1.165) is 5.75 Å². The molecule has 24 heavy (non-hydrogen) atoms. The fourth-order valence-corrected chi connectivity index (χ4v) is 4.71. The maximum absolute atomic E-state index is 5.95. The van der Waals surface area contributed by atoms with Crippen molar-refractivity contribution in [3.63, 3.8) is 0 Å². The molecule has 0 spiro atoms. The van der Waals surface area contributed by atoms with Gasteiger partial charge in [-0.1, -0.05) is 0 Å². The zero-order valence-corrected chi connectivity index (χ0v) is 15.7. The summed E-state index contributed by atoms with van der Waals surface area (Å²) in [6, 6.07) is 31.0. The van der Waals surface area contributed by atoms with Gasteiger partial charge in [-0.3, -0.25) is 0 Å². The molecule has 0 saturated carbocycles. The molecule has 0 aliphatic carbocycles. The molecule has 0 atom stereocenters. The molecule has 0 bridgehead atoms. The van der Waals surface area contributed by atoms with Gasteiger partial charge in [-0.2, -0.15) is 0 Å². The van der Waals surface area contributed by atoms with Gasteiger partial charge in [0.2, 0.25) is 0 Å². The van der Waals surface area contributed by atoms with Crippen LogP contribution in [0.3, 0.4) is 0 Å². The number of rotatable bonds is 7. The van der Waals surface area contributed by atoms with Crippen molar-refractivity contribution >= 4 is 31.2 Å². The number of hydrogen-bond donors (Lipinski definition) is 0. The summed E-state index contributed by atoms with van der Waals surface area (Å²) in [6.45, 7) is 0.595. The molecular formula is C21H18OSSe. The molecule has 0 amide bonds. The predicted molar refractivity (Wildman–Crippen MR) is 104 cm³/mol. The van der Waals surface area contributed by atoms with E-state index in [0.29, 0.717) is 21.6 Å². The van der Waals surface area contributed by atoms with Gasteiger partial charge < -0.3 is 0 Å². The second kappa shape index (κ2) is 9.39. The van der Waals surface area contributed by atoms with Gasteiger partial charge in [0, 0.05) is 0 Å². The van der Waals surface area contributed by atoms with Crippen molar-refractivity contribution in [3.8, 4) is 5.75 Å².